The van der Waals surface area contributed by atoms with Gasteiger partial charge in [0.25, 0.3) is 5.69 Å². The van der Waals surface area contributed by atoms with Crippen molar-refractivity contribution < 1.29 is 10.7 Å². The second-order valence-corrected chi connectivity index (χ2v) is 3.53. The largest absolute Gasteiger partial charge is 0.374 e. The Bertz CT molecular complexity index is 615. The minimum atomic E-state index is -0.490. The Kier molecular flexibility index (Phi) is 2.79. The van der Waals surface area contributed by atoms with Crippen LogP contribution in [-0.4, -0.2) is 28.0 Å². The molecule has 0 bridgehead atoms. The number of aromatic amines is 2. The van der Waals surface area contributed by atoms with E-state index in [1.165, 1.54) is 6.07 Å². The summed E-state index contributed by atoms with van der Waals surface area (Å²) in [6.07, 6.45) is 0. The second kappa shape index (κ2) is 4.26. The number of hydrogen-bond acceptors (Lipinski definition) is 4. The number of benzene rings is 1. The zero-order valence-corrected chi connectivity index (χ0v) is 8.95. The van der Waals surface area contributed by atoms with Crippen molar-refractivity contribution in [3.05, 3.63) is 32.7 Å². The highest BCUT2D eigenvalue weighted by Gasteiger charge is 2.16. The molecule has 8 heteroatoms. The van der Waals surface area contributed by atoms with Crippen LogP contribution in [0.2, 0.25) is 0 Å². The minimum Gasteiger partial charge on any atom is -0.374 e. The summed E-state index contributed by atoms with van der Waals surface area (Å²) in [5.74, 6) is 0. The molecule has 0 fully saturated rings. The molecule has 0 amide bonds. The summed E-state index contributed by atoms with van der Waals surface area (Å²) in [5.41, 5.74) is 4.52. The van der Waals surface area contributed by atoms with E-state index in [1.54, 1.807) is 6.07 Å². The molecule has 1 heterocycles. The van der Waals surface area contributed by atoms with Gasteiger partial charge in [-0.1, -0.05) is 0 Å². The normalized spacial score (nSPS) is 10.6. The van der Waals surface area contributed by atoms with Gasteiger partial charge in [0.15, 0.2) is 0 Å². The van der Waals surface area contributed by atoms with Gasteiger partial charge in [-0.15, -0.1) is 0 Å². The highest BCUT2D eigenvalue weighted by atomic mass is 16.6. The third-order valence-corrected chi connectivity index (χ3v) is 2.32. The topological polar surface area (TPSA) is 131 Å². The van der Waals surface area contributed by atoms with E-state index >= 15 is 0 Å². The van der Waals surface area contributed by atoms with Crippen molar-refractivity contribution in [3.63, 3.8) is 0 Å². The molecular weight excluding hydrogens is 226 g/mol. The maximum atomic E-state index is 11.1. The molecule has 0 aliphatic heterocycles. The number of anilines is 1. The van der Waals surface area contributed by atoms with E-state index < -0.39 is 4.92 Å². The summed E-state index contributed by atoms with van der Waals surface area (Å²) >= 11 is 0. The standard InChI is InChI=1S/C9H11N5O3/c10-1-2-11-7-3-5-6(13-9(15)12-5)4-8(7)14(16)17/h3-4,11H,1-2,10H2,(H2,12,13,15)/p+1. The Morgan fingerprint density at radius 3 is 2.59 bits per heavy atom. The number of aromatic nitrogens is 2. The minimum absolute atomic E-state index is 0.0683. The van der Waals surface area contributed by atoms with E-state index in [4.69, 9.17) is 0 Å². The maximum absolute atomic E-state index is 11.1. The first-order chi connectivity index (χ1) is 8.11. The summed E-state index contributed by atoms with van der Waals surface area (Å²) in [4.78, 5) is 26.5. The van der Waals surface area contributed by atoms with Crippen LogP contribution in [-0.2, 0) is 0 Å². The number of nitrogens with zero attached hydrogens (tertiary/aromatic N) is 1. The number of nitro benzene ring substituents is 1. The summed E-state index contributed by atoms with van der Waals surface area (Å²) in [5, 5.41) is 13.8. The van der Waals surface area contributed by atoms with Crippen molar-refractivity contribution in [3.8, 4) is 0 Å². The molecule has 2 rings (SSSR count). The van der Waals surface area contributed by atoms with Crippen molar-refractivity contribution in [1.29, 1.82) is 0 Å². The lowest BCUT2D eigenvalue weighted by molar-refractivity contribution is -0.383. The lowest BCUT2D eigenvalue weighted by Crippen LogP contribution is -2.53. The molecule has 0 radical (unpaired) electrons. The molecule has 90 valence electrons. The van der Waals surface area contributed by atoms with Crippen LogP contribution in [0.15, 0.2) is 16.9 Å². The third kappa shape index (κ3) is 2.11. The van der Waals surface area contributed by atoms with Crippen LogP contribution in [0.25, 0.3) is 11.0 Å². The smallest absolute Gasteiger partial charge is 0.323 e. The second-order valence-electron chi connectivity index (χ2n) is 3.53. The van der Waals surface area contributed by atoms with Crippen LogP contribution in [0.5, 0.6) is 0 Å². The number of H-pyrrole nitrogens is 2. The van der Waals surface area contributed by atoms with E-state index in [2.05, 4.69) is 21.0 Å². The van der Waals surface area contributed by atoms with Gasteiger partial charge in [0.2, 0.25) is 0 Å². The average Bonchev–Trinajstić information content (AvgIpc) is 2.63. The van der Waals surface area contributed by atoms with Crippen LogP contribution in [0.4, 0.5) is 11.4 Å². The first kappa shape index (κ1) is 11.1. The monoisotopic (exact) mass is 238 g/mol. The number of nitro groups is 1. The van der Waals surface area contributed by atoms with Crippen molar-refractivity contribution in [2.45, 2.75) is 0 Å². The number of hydrogen-bond donors (Lipinski definition) is 4. The zero-order chi connectivity index (χ0) is 12.4. The van der Waals surface area contributed by atoms with Crippen LogP contribution in [0.3, 0.4) is 0 Å². The molecular formula is C9H12N5O3+. The number of imidazole rings is 1. The number of quaternary nitrogens is 1. The van der Waals surface area contributed by atoms with Crippen molar-refractivity contribution in [2.75, 3.05) is 18.4 Å². The molecule has 0 unspecified atom stereocenters. The molecule has 2 aromatic rings. The van der Waals surface area contributed by atoms with Crippen LogP contribution >= 0.6 is 0 Å². The van der Waals surface area contributed by atoms with Crippen molar-refractivity contribution in [1.82, 2.24) is 9.97 Å². The fourth-order valence-electron chi connectivity index (χ4n) is 1.59. The van der Waals surface area contributed by atoms with E-state index in [0.717, 1.165) is 0 Å². The molecule has 0 aliphatic carbocycles. The predicted molar refractivity (Wildman–Crippen MR) is 61.8 cm³/mol. The van der Waals surface area contributed by atoms with Crippen molar-refractivity contribution in [2.24, 2.45) is 0 Å². The lowest BCUT2D eigenvalue weighted by atomic mass is 10.2. The van der Waals surface area contributed by atoms with Crippen molar-refractivity contribution >= 4 is 22.4 Å². The van der Waals surface area contributed by atoms with E-state index in [1.807, 2.05) is 0 Å². The molecule has 0 saturated carbocycles. The van der Waals surface area contributed by atoms with Gasteiger partial charge >= 0.3 is 5.69 Å². The Balaban J connectivity index is 2.57. The van der Waals surface area contributed by atoms with Gasteiger partial charge < -0.3 is 21.0 Å². The summed E-state index contributed by atoms with van der Waals surface area (Å²) < 4.78 is 0. The van der Waals surface area contributed by atoms with Gasteiger partial charge in [0, 0.05) is 6.07 Å². The highest BCUT2D eigenvalue weighted by molar-refractivity contribution is 5.84. The molecule has 17 heavy (non-hydrogen) atoms. The van der Waals surface area contributed by atoms with Crippen LogP contribution in [0.1, 0.15) is 0 Å². The number of fused-ring (bicyclic) bond motifs is 1. The van der Waals surface area contributed by atoms with E-state index in [0.29, 0.717) is 29.8 Å². The number of rotatable bonds is 4. The van der Waals surface area contributed by atoms with Gasteiger partial charge in [-0.05, 0) is 6.07 Å². The lowest BCUT2D eigenvalue weighted by Gasteiger charge is -2.04. The maximum Gasteiger partial charge on any atom is 0.323 e. The average molecular weight is 238 g/mol. The molecule has 1 aromatic carbocycles. The molecule has 0 atom stereocenters. The van der Waals surface area contributed by atoms with Gasteiger partial charge in [0.1, 0.15) is 5.69 Å². The quantitative estimate of drug-likeness (QED) is 0.419. The van der Waals surface area contributed by atoms with Crippen LogP contribution in [0, 0.1) is 10.1 Å². The molecule has 0 aliphatic rings. The van der Waals surface area contributed by atoms with E-state index in [9.17, 15) is 14.9 Å². The van der Waals surface area contributed by atoms with E-state index in [-0.39, 0.29) is 11.4 Å². The Morgan fingerprint density at radius 1 is 1.35 bits per heavy atom. The molecule has 6 N–H and O–H groups in total. The molecule has 8 nitrogen and oxygen atoms in total. The Hall–Kier alpha value is -2.35. The first-order valence-electron chi connectivity index (χ1n) is 5.05. The number of nitrogens with one attached hydrogen (secondary N) is 3. The van der Waals surface area contributed by atoms with Gasteiger partial charge in [-0.2, -0.15) is 0 Å². The molecule has 0 spiro atoms. The molecule has 1 aromatic heterocycles. The first-order valence-corrected chi connectivity index (χ1v) is 5.05. The van der Waals surface area contributed by atoms with Gasteiger partial charge in [-0.3, -0.25) is 10.1 Å². The Morgan fingerprint density at radius 2 is 2.00 bits per heavy atom. The third-order valence-electron chi connectivity index (χ3n) is 2.32. The fourth-order valence-corrected chi connectivity index (χ4v) is 1.59. The summed E-state index contributed by atoms with van der Waals surface area (Å²) in [7, 11) is 0. The van der Waals surface area contributed by atoms with Gasteiger partial charge in [0.05, 0.1) is 29.0 Å². The molecule has 0 saturated heterocycles. The summed E-state index contributed by atoms with van der Waals surface area (Å²) in [6.45, 7) is 1.14. The summed E-state index contributed by atoms with van der Waals surface area (Å²) in [6, 6.07) is 2.87. The van der Waals surface area contributed by atoms with Gasteiger partial charge in [-0.25, -0.2) is 4.79 Å². The SMILES string of the molecule is [NH3+]CCNc1cc2[nH]c(=O)[nH]c2cc1[N+](=O)[O-]. The zero-order valence-electron chi connectivity index (χ0n) is 8.95. The highest BCUT2D eigenvalue weighted by Crippen LogP contribution is 2.27. The fraction of sp³-hybridized carbons (Fsp3) is 0.222. The van der Waals surface area contributed by atoms with Crippen LogP contribution < -0.4 is 16.7 Å². The Labute approximate surface area is 95.0 Å². The predicted octanol–water partition coefficient (Wildman–Crippen LogP) is -0.582.